The van der Waals surface area contributed by atoms with Crippen molar-refractivity contribution in [1.82, 2.24) is 4.75 Å². The molecule has 0 aromatic heterocycles. The van der Waals surface area contributed by atoms with Crippen molar-refractivity contribution in [2.24, 2.45) is 0 Å². The molecule has 0 heterocycles. The van der Waals surface area contributed by atoms with Crippen LogP contribution < -0.4 is 0 Å². The molecule has 0 bridgehead atoms. The predicted octanol–water partition coefficient (Wildman–Crippen LogP) is -0.109. The number of hydrogen-bond acceptors (Lipinski definition) is 2. The molecule has 0 atom stereocenters. The summed E-state index contributed by atoms with van der Waals surface area (Å²) in [6.07, 6.45) is 0. The molecule has 0 saturated heterocycles. The first-order valence-electron chi connectivity index (χ1n) is 1.01. The molecule has 0 amide bonds. The third-order valence-electron chi connectivity index (χ3n) is 0.165. The van der Waals surface area contributed by atoms with Gasteiger partial charge in [-0.15, -0.1) is 0 Å². The molecule has 0 N–H and O–H groups in total. The number of hydrogen-bond donors (Lipinski definition) is 0. The minimum absolute atomic E-state index is 0. The molecule has 0 aromatic rings. The third kappa shape index (κ3) is 4.46. The van der Waals surface area contributed by atoms with Crippen molar-refractivity contribution in [3.05, 3.63) is 0 Å². The van der Waals surface area contributed by atoms with Crippen molar-refractivity contribution >= 4 is 29.3 Å². The van der Waals surface area contributed by atoms with Crippen LogP contribution in [0.15, 0.2) is 0 Å². The molecule has 0 rings (SSSR count). The molecule has 0 aliphatic rings. The van der Waals surface area contributed by atoms with Crippen LogP contribution in [0.2, 0.25) is 0 Å². The fourth-order valence-electron chi connectivity index (χ4n) is 0. The Bertz CT molecular complexity index is 139. The zero-order valence-electron chi connectivity index (χ0n) is 3.81. The van der Waals surface area contributed by atoms with Crippen LogP contribution in [0, 0.1) is 0 Å². The quantitative estimate of drug-likeness (QED) is 0.291. The monoisotopic (exact) mass is 142 g/mol. The Hall–Kier alpha value is 0.297. The van der Waals surface area contributed by atoms with E-state index in [1.165, 1.54) is 0 Å². The summed E-state index contributed by atoms with van der Waals surface area (Å²) in [5.74, 6) is 0. The molecule has 8 heavy (non-hydrogen) atoms. The van der Waals surface area contributed by atoms with Crippen molar-refractivity contribution in [2.45, 2.75) is 0 Å². The molecule has 0 aromatic carbocycles. The van der Waals surface area contributed by atoms with Crippen LogP contribution in [0.4, 0.5) is 12.8 Å². The van der Waals surface area contributed by atoms with Crippen LogP contribution in [0.25, 0.3) is 0 Å². The van der Waals surface area contributed by atoms with Gasteiger partial charge < -0.3 is 0 Å². The maximum atomic E-state index is 10.7. The van der Waals surface area contributed by atoms with Crippen molar-refractivity contribution in [1.29, 1.82) is 0 Å². The Balaban J connectivity index is 0. The second-order valence-corrected chi connectivity index (χ2v) is 1.71. The van der Waals surface area contributed by atoms with Gasteiger partial charge in [-0.3, -0.25) is 0 Å². The van der Waals surface area contributed by atoms with Gasteiger partial charge in [-0.1, -0.05) is 12.8 Å². The van der Waals surface area contributed by atoms with Gasteiger partial charge in [-0.25, -0.2) is 0 Å². The van der Waals surface area contributed by atoms with Crippen LogP contribution in [0.3, 0.4) is 0 Å². The van der Waals surface area contributed by atoms with E-state index in [0.29, 0.717) is 0 Å². The fraction of sp³-hybridized carbons (Fsp3) is 0. The number of nitrogens with zero attached hydrogens (tertiary/aromatic N) is 1. The topological polar surface area (TPSA) is 37.4 Å². The maximum Gasteiger partial charge on any atom is 0.430 e. The Morgan fingerprint density at radius 3 is 1.38 bits per heavy atom. The number of halogens is 3. The predicted molar refractivity (Wildman–Crippen MR) is 19.8 cm³/mol. The van der Waals surface area contributed by atoms with Gasteiger partial charge in [0.25, 0.3) is 0 Å². The first-order chi connectivity index (χ1) is 2.94. The van der Waals surface area contributed by atoms with E-state index < -0.39 is 15.2 Å². The molecule has 3 nitrogen and oxygen atoms in total. The Kier molecular flexibility index (Phi) is 4.66. The van der Waals surface area contributed by atoms with Crippen molar-refractivity contribution in [3.8, 4) is 0 Å². The second-order valence-electron chi connectivity index (χ2n) is 0.614. The van der Waals surface area contributed by atoms with Crippen LogP contribution in [-0.4, -0.2) is 32.0 Å². The van der Waals surface area contributed by atoms with Crippen LogP contribution in [0.5, 0.6) is 0 Å². The van der Waals surface area contributed by atoms with E-state index in [4.69, 9.17) is 8.42 Å². The number of rotatable bonds is 1. The summed E-state index contributed by atoms with van der Waals surface area (Å²) in [6, 6.07) is 0. The fourth-order valence-corrected chi connectivity index (χ4v) is 0. The maximum absolute atomic E-state index is 10.7. The molecule has 45 valence electrons. The van der Waals surface area contributed by atoms with E-state index in [1.807, 2.05) is 0 Å². The normalized spacial score (nSPS) is 11.0. The average molecular weight is 142 g/mol. The van der Waals surface area contributed by atoms with Crippen molar-refractivity contribution in [2.75, 3.05) is 0 Å². The van der Waals surface area contributed by atoms with Gasteiger partial charge in [0.1, 0.15) is 0 Å². The molecule has 0 unspecified atom stereocenters. The van der Waals surface area contributed by atoms with Gasteiger partial charge in [0.2, 0.25) is 0 Å². The summed E-state index contributed by atoms with van der Waals surface area (Å²) < 4.78 is 46.7. The molecular weight excluding hydrogens is 142 g/mol. The van der Waals surface area contributed by atoms with Gasteiger partial charge >= 0.3 is 10.4 Å². The first-order valence-corrected chi connectivity index (χ1v) is 2.35. The molecule has 0 aliphatic carbocycles. The smallest absolute Gasteiger partial charge is 0.172 e. The minimum atomic E-state index is -5.74. The summed E-state index contributed by atoms with van der Waals surface area (Å²) in [4.78, 5) is 0. The summed E-state index contributed by atoms with van der Waals surface area (Å²) in [7, 11) is -5.74. The van der Waals surface area contributed by atoms with Crippen molar-refractivity contribution in [3.63, 3.8) is 0 Å². The van der Waals surface area contributed by atoms with Gasteiger partial charge in [0, 0.05) is 18.9 Å². The largest absolute Gasteiger partial charge is 0.430 e. The van der Waals surface area contributed by atoms with Gasteiger partial charge in [0.15, 0.2) is 4.75 Å². The molecular formula is F3LiNO2S. The summed E-state index contributed by atoms with van der Waals surface area (Å²) in [5, 5.41) is 0. The van der Waals surface area contributed by atoms with E-state index in [-0.39, 0.29) is 18.9 Å². The van der Waals surface area contributed by atoms with E-state index in [2.05, 4.69) is 0 Å². The molecule has 0 saturated carbocycles. The molecule has 1 radical (unpaired) electrons. The molecule has 8 heteroatoms. The minimum Gasteiger partial charge on any atom is -0.172 e. The Labute approximate surface area is 55.9 Å². The van der Waals surface area contributed by atoms with E-state index in [1.54, 1.807) is 0 Å². The molecule has 0 fully saturated rings. The van der Waals surface area contributed by atoms with Gasteiger partial charge in [0.05, 0.1) is 0 Å². The van der Waals surface area contributed by atoms with E-state index in [0.717, 1.165) is 0 Å². The van der Waals surface area contributed by atoms with Crippen LogP contribution >= 0.6 is 0 Å². The van der Waals surface area contributed by atoms with Crippen LogP contribution in [-0.2, 0) is 10.4 Å². The van der Waals surface area contributed by atoms with Gasteiger partial charge in [-0.05, 0) is 0 Å². The van der Waals surface area contributed by atoms with E-state index >= 15 is 0 Å². The zero-order chi connectivity index (χ0) is 6.08. The SMILES string of the molecule is O=S(=O)(F)N(F)F.[Li]. The second kappa shape index (κ2) is 3.35. The molecule has 0 aliphatic heterocycles. The van der Waals surface area contributed by atoms with Gasteiger partial charge in [-0.2, -0.15) is 8.42 Å². The summed E-state index contributed by atoms with van der Waals surface area (Å²) in [5.41, 5.74) is 0. The molecule has 0 spiro atoms. The third-order valence-corrected chi connectivity index (χ3v) is 0.495. The summed E-state index contributed by atoms with van der Waals surface area (Å²) >= 11 is 0. The zero-order valence-corrected chi connectivity index (χ0v) is 4.62. The average Bonchev–Trinajstić information content (AvgIpc) is 1.31. The Morgan fingerprint density at radius 2 is 1.38 bits per heavy atom. The first kappa shape index (κ1) is 11.1. The van der Waals surface area contributed by atoms with Crippen LogP contribution in [0.1, 0.15) is 0 Å². The summed E-state index contributed by atoms with van der Waals surface area (Å²) in [6.45, 7) is 0. The Morgan fingerprint density at radius 1 is 1.25 bits per heavy atom. The van der Waals surface area contributed by atoms with Crippen molar-refractivity contribution < 1.29 is 21.3 Å². The standard InChI is InChI=1S/F3NO2S.Li/c1-4(2)7(3,5)6;. The van der Waals surface area contributed by atoms with E-state index in [9.17, 15) is 12.8 Å².